The van der Waals surface area contributed by atoms with E-state index in [-0.39, 0.29) is 18.3 Å². The summed E-state index contributed by atoms with van der Waals surface area (Å²) in [6.45, 7) is 1.67. The van der Waals surface area contributed by atoms with Crippen molar-refractivity contribution in [1.29, 1.82) is 0 Å². The molecule has 3 aromatic rings. The first-order chi connectivity index (χ1) is 12.0. The molecule has 3 rings (SSSR count). The van der Waals surface area contributed by atoms with Crippen LogP contribution in [0.5, 0.6) is 5.75 Å². The van der Waals surface area contributed by atoms with Gasteiger partial charge in [0.1, 0.15) is 5.75 Å². The van der Waals surface area contributed by atoms with Gasteiger partial charge in [-0.1, -0.05) is 29.9 Å². The minimum absolute atomic E-state index is 0.0697. The number of carbonyl (C=O) groups excluding carboxylic acids is 2. The van der Waals surface area contributed by atoms with Gasteiger partial charge in [0.2, 0.25) is 0 Å². The summed E-state index contributed by atoms with van der Waals surface area (Å²) in [6, 6.07) is 12.1. The number of hydrogen-bond donors (Lipinski definition) is 1. The van der Waals surface area contributed by atoms with Gasteiger partial charge in [-0.3, -0.25) is 14.9 Å². The topological polar surface area (TPSA) is 68.3 Å². The van der Waals surface area contributed by atoms with Crippen molar-refractivity contribution in [2.75, 3.05) is 11.9 Å². The minimum atomic E-state index is -0.307. The number of carbonyl (C=O) groups is 2. The molecule has 0 aliphatic carbocycles. The van der Waals surface area contributed by atoms with Crippen LogP contribution >= 0.6 is 22.9 Å². The van der Waals surface area contributed by atoms with E-state index in [4.69, 9.17) is 16.3 Å². The number of ketones is 1. The van der Waals surface area contributed by atoms with Gasteiger partial charge >= 0.3 is 0 Å². The Kier molecular flexibility index (Phi) is 5.31. The number of amides is 1. The van der Waals surface area contributed by atoms with Crippen LogP contribution in [0.3, 0.4) is 0 Å². The van der Waals surface area contributed by atoms with Gasteiger partial charge in [-0.2, -0.15) is 0 Å². The molecule has 1 N–H and O–H groups in total. The van der Waals surface area contributed by atoms with E-state index in [1.807, 2.05) is 6.92 Å². The Balaban J connectivity index is 1.57. The molecule has 0 fully saturated rings. The summed E-state index contributed by atoms with van der Waals surface area (Å²) >= 11 is 7.29. The van der Waals surface area contributed by atoms with Crippen LogP contribution in [0, 0.1) is 0 Å². The zero-order chi connectivity index (χ0) is 17.8. The number of nitrogens with zero attached hydrogens (tertiary/aromatic N) is 1. The molecule has 0 bridgehead atoms. The van der Waals surface area contributed by atoms with Crippen molar-refractivity contribution in [1.82, 2.24) is 4.98 Å². The van der Waals surface area contributed by atoms with Crippen molar-refractivity contribution < 1.29 is 14.3 Å². The number of anilines is 1. The predicted molar refractivity (Wildman–Crippen MR) is 99.8 cm³/mol. The second-order valence-corrected chi connectivity index (χ2v) is 6.74. The van der Waals surface area contributed by atoms with Crippen molar-refractivity contribution >= 4 is 50.0 Å². The largest absolute Gasteiger partial charge is 0.484 e. The number of halogens is 1. The fourth-order valence-corrected chi connectivity index (χ4v) is 3.36. The molecule has 128 valence electrons. The molecular weight excluding hydrogens is 360 g/mol. The summed E-state index contributed by atoms with van der Waals surface area (Å²) in [5.74, 6) is 0.290. The molecule has 0 unspecified atom stereocenters. The van der Waals surface area contributed by atoms with Crippen LogP contribution in [0.2, 0.25) is 5.02 Å². The summed E-state index contributed by atoms with van der Waals surface area (Å²) < 4.78 is 6.34. The fourth-order valence-electron chi connectivity index (χ4n) is 2.20. The SMILES string of the molecule is CCC(=O)c1ccc(OCC(=O)Nc2nc3ccc(Cl)cc3s2)cc1. The highest BCUT2D eigenvalue weighted by Gasteiger charge is 2.09. The molecule has 1 heterocycles. The third-order valence-corrected chi connectivity index (χ3v) is 4.63. The molecule has 0 radical (unpaired) electrons. The lowest BCUT2D eigenvalue weighted by atomic mass is 10.1. The molecule has 7 heteroatoms. The maximum absolute atomic E-state index is 12.0. The van der Waals surface area contributed by atoms with Crippen molar-refractivity contribution in [2.24, 2.45) is 0 Å². The van der Waals surface area contributed by atoms with E-state index in [1.165, 1.54) is 11.3 Å². The fraction of sp³-hybridized carbons (Fsp3) is 0.167. The zero-order valence-corrected chi connectivity index (χ0v) is 15.0. The Labute approximate surface area is 153 Å². The van der Waals surface area contributed by atoms with Gasteiger partial charge in [-0.25, -0.2) is 4.98 Å². The van der Waals surface area contributed by atoms with E-state index >= 15 is 0 Å². The summed E-state index contributed by atoms with van der Waals surface area (Å²) in [5, 5.41) is 3.83. The Hall–Kier alpha value is -2.44. The minimum Gasteiger partial charge on any atom is -0.484 e. The molecule has 0 atom stereocenters. The highest BCUT2D eigenvalue weighted by Crippen LogP contribution is 2.28. The first-order valence-corrected chi connectivity index (χ1v) is 8.86. The van der Waals surface area contributed by atoms with Crippen molar-refractivity contribution in [2.45, 2.75) is 13.3 Å². The standard InChI is InChI=1S/C18H15ClN2O3S/c1-2-15(22)11-3-6-13(7-4-11)24-10-17(23)21-18-20-14-8-5-12(19)9-16(14)25-18/h3-9H,2,10H2,1H3,(H,20,21,23). The quantitative estimate of drug-likeness (QED) is 0.642. The lowest BCUT2D eigenvalue weighted by Gasteiger charge is -2.06. The average molecular weight is 375 g/mol. The highest BCUT2D eigenvalue weighted by molar-refractivity contribution is 7.22. The van der Waals surface area contributed by atoms with Gasteiger partial charge in [-0.05, 0) is 42.5 Å². The molecule has 25 heavy (non-hydrogen) atoms. The van der Waals surface area contributed by atoms with E-state index in [9.17, 15) is 9.59 Å². The summed E-state index contributed by atoms with van der Waals surface area (Å²) in [5.41, 5.74) is 1.41. The number of aromatic nitrogens is 1. The van der Waals surface area contributed by atoms with Crippen LogP contribution in [0.4, 0.5) is 5.13 Å². The van der Waals surface area contributed by atoms with Crippen LogP contribution in [-0.2, 0) is 4.79 Å². The van der Waals surface area contributed by atoms with Gasteiger partial charge in [0, 0.05) is 17.0 Å². The average Bonchev–Trinajstić information content (AvgIpc) is 3.01. The van der Waals surface area contributed by atoms with Gasteiger partial charge in [0.15, 0.2) is 17.5 Å². The number of Topliss-reactive ketones (excluding diaryl/α,β-unsaturated/α-hetero) is 1. The maximum Gasteiger partial charge on any atom is 0.264 e. The molecule has 2 aromatic carbocycles. The van der Waals surface area contributed by atoms with Crippen LogP contribution < -0.4 is 10.1 Å². The molecule has 0 saturated heterocycles. The number of rotatable bonds is 6. The van der Waals surface area contributed by atoms with Crippen molar-refractivity contribution in [3.05, 3.63) is 53.1 Å². The Morgan fingerprint density at radius 3 is 2.68 bits per heavy atom. The third-order valence-electron chi connectivity index (χ3n) is 3.46. The van der Waals surface area contributed by atoms with Crippen molar-refractivity contribution in [3.8, 4) is 5.75 Å². The predicted octanol–water partition coefficient (Wildman–Crippen LogP) is 4.56. The normalized spacial score (nSPS) is 10.6. The van der Waals surface area contributed by atoms with E-state index in [0.29, 0.717) is 27.9 Å². The molecule has 0 saturated carbocycles. The number of thiazole rings is 1. The molecule has 1 amide bonds. The van der Waals surface area contributed by atoms with Gasteiger partial charge in [0.25, 0.3) is 5.91 Å². The van der Waals surface area contributed by atoms with Crippen LogP contribution in [0.25, 0.3) is 10.2 Å². The highest BCUT2D eigenvalue weighted by atomic mass is 35.5. The number of fused-ring (bicyclic) bond motifs is 1. The Bertz CT molecular complexity index is 922. The van der Waals surface area contributed by atoms with E-state index < -0.39 is 0 Å². The smallest absolute Gasteiger partial charge is 0.264 e. The monoisotopic (exact) mass is 374 g/mol. The number of ether oxygens (including phenoxy) is 1. The summed E-state index contributed by atoms with van der Waals surface area (Å²) in [6.07, 6.45) is 0.454. The summed E-state index contributed by atoms with van der Waals surface area (Å²) in [7, 11) is 0. The molecule has 1 aromatic heterocycles. The van der Waals surface area contributed by atoms with E-state index in [0.717, 1.165) is 10.2 Å². The van der Waals surface area contributed by atoms with E-state index in [1.54, 1.807) is 42.5 Å². The number of nitrogens with one attached hydrogen (secondary N) is 1. The number of benzene rings is 2. The molecule has 5 nitrogen and oxygen atoms in total. The molecule has 0 aliphatic heterocycles. The van der Waals surface area contributed by atoms with Gasteiger partial charge in [0.05, 0.1) is 10.2 Å². The first-order valence-electron chi connectivity index (χ1n) is 7.67. The molecule has 0 spiro atoms. The van der Waals surface area contributed by atoms with Crippen LogP contribution in [0.15, 0.2) is 42.5 Å². The lowest BCUT2D eigenvalue weighted by molar-refractivity contribution is -0.118. The Morgan fingerprint density at radius 1 is 1.20 bits per heavy atom. The molecular formula is C18H15ClN2O3S. The van der Waals surface area contributed by atoms with Crippen LogP contribution in [-0.4, -0.2) is 23.3 Å². The van der Waals surface area contributed by atoms with Gasteiger partial charge < -0.3 is 4.74 Å². The molecule has 0 aliphatic rings. The van der Waals surface area contributed by atoms with Crippen molar-refractivity contribution in [3.63, 3.8) is 0 Å². The Morgan fingerprint density at radius 2 is 1.96 bits per heavy atom. The summed E-state index contributed by atoms with van der Waals surface area (Å²) in [4.78, 5) is 27.9. The maximum atomic E-state index is 12.0. The third kappa shape index (κ3) is 4.35. The second kappa shape index (κ2) is 7.63. The first kappa shape index (κ1) is 17.4. The van der Waals surface area contributed by atoms with Crippen LogP contribution in [0.1, 0.15) is 23.7 Å². The van der Waals surface area contributed by atoms with E-state index in [2.05, 4.69) is 10.3 Å². The second-order valence-electron chi connectivity index (χ2n) is 5.27. The number of hydrogen-bond acceptors (Lipinski definition) is 5. The lowest BCUT2D eigenvalue weighted by Crippen LogP contribution is -2.20. The van der Waals surface area contributed by atoms with Gasteiger partial charge in [-0.15, -0.1) is 0 Å². The zero-order valence-electron chi connectivity index (χ0n) is 13.4.